The van der Waals surface area contributed by atoms with Crippen LogP contribution in [0.1, 0.15) is 12.5 Å². The number of ether oxygens (including phenoxy) is 1. The first-order valence-electron chi connectivity index (χ1n) is 4.25. The molecule has 3 nitrogen and oxygen atoms in total. The number of hydrogen-bond acceptors (Lipinski definition) is 3. The predicted octanol–water partition coefficient (Wildman–Crippen LogP) is 1.08. The SMILES string of the molecule is CC1(CO)Cc2ccc(O)cc2O1. The van der Waals surface area contributed by atoms with E-state index in [2.05, 4.69) is 0 Å². The van der Waals surface area contributed by atoms with Crippen LogP contribution in [0.2, 0.25) is 0 Å². The molecule has 1 unspecified atom stereocenters. The van der Waals surface area contributed by atoms with Gasteiger partial charge < -0.3 is 14.9 Å². The summed E-state index contributed by atoms with van der Waals surface area (Å²) < 4.78 is 5.51. The van der Waals surface area contributed by atoms with Crippen molar-refractivity contribution in [1.29, 1.82) is 0 Å². The van der Waals surface area contributed by atoms with Gasteiger partial charge in [0.2, 0.25) is 0 Å². The highest BCUT2D eigenvalue weighted by molar-refractivity contribution is 5.44. The number of aliphatic hydroxyl groups excluding tert-OH is 1. The Bertz CT molecular complexity index is 335. The van der Waals surface area contributed by atoms with E-state index in [0.29, 0.717) is 12.2 Å². The number of aromatic hydroxyl groups is 1. The lowest BCUT2D eigenvalue weighted by molar-refractivity contribution is 0.0445. The van der Waals surface area contributed by atoms with E-state index in [1.807, 2.05) is 13.0 Å². The molecule has 1 aromatic rings. The molecule has 70 valence electrons. The van der Waals surface area contributed by atoms with Gasteiger partial charge in [-0.2, -0.15) is 0 Å². The molecule has 0 spiro atoms. The maximum atomic E-state index is 9.20. The molecule has 0 amide bonds. The number of phenols is 1. The number of rotatable bonds is 1. The lowest BCUT2D eigenvalue weighted by Gasteiger charge is -2.20. The molecule has 1 aromatic carbocycles. The van der Waals surface area contributed by atoms with Crippen molar-refractivity contribution >= 4 is 0 Å². The zero-order chi connectivity index (χ0) is 9.47. The van der Waals surface area contributed by atoms with Crippen LogP contribution < -0.4 is 4.74 Å². The van der Waals surface area contributed by atoms with Crippen molar-refractivity contribution in [3.05, 3.63) is 23.8 Å². The van der Waals surface area contributed by atoms with Crippen LogP contribution in [0.4, 0.5) is 0 Å². The summed E-state index contributed by atoms with van der Waals surface area (Å²) in [6, 6.07) is 5.03. The number of phenolic OH excluding ortho intramolecular Hbond substituents is 1. The van der Waals surface area contributed by atoms with Gasteiger partial charge in [0, 0.05) is 12.5 Å². The molecule has 2 rings (SSSR count). The second-order valence-electron chi connectivity index (χ2n) is 3.68. The van der Waals surface area contributed by atoms with Gasteiger partial charge in [0.1, 0.15) is 17.1 Å². The number of hydrogen-bond donors (Lipinski definition) is 2. The van der Waals surface area contributed by atoms with Gasteiger partial charge in [-0.25, -0.2) is 0 Å². The van der Waals surface area contributed by atoms with Crippen LogP contribution in [0.3, 0.4) is 0 Å². The minimum atomic E-state index is -0.518. The third-order valence-corrected chi connectivity index (χ3v) is 2.31. The van der Waals surface area contributed by atoms with Crippen molar-refractivity contribution in [2.45, 2.75) is 18.9 Å². The van der Waals surface area contributed by atoms with E-state index in [-0.39, 0.29) is 12.4 Å². The van der Waals surface area contributed by atoms with Gasteiger partial charge in [0.15, 0.2) is 0 Å². The van der Waals surface area contributed by atoms with Gasteiger partial charge in [-0.05, 0) is 18.6 Å². The lowest BCUT2D eigenvalue weighted by Crippen LogP contribution is -2.34. The van der Waals surface area contributed by atoms with Gasteiger partial charge in [-0.15, -0.1) is 0 Å². The monoisotopic (exact) mass is 180 g/mol. The summed E-state index contributed by atoms with van der Waals surface area (Å²) in [7, 11) is 0. The topological polar surface area (TPSA) is 49.7 Å². The molecule has 0 radical (unpaired) electrons. The third kappa shape index (κ3) is 1.35. The molecule has 0 aromatic heterocycles. The van der Waals surface area contributed by atoms with Crippen molar-refractivity contribution in [2.75, 3.05) is 6.61 Å². The molecule has 0 saturated heterocycles. The van der Waals surface area contributed by atoms with Gasteiger partial charge in [-0.3, -0.25) is 0 Å². The van der Waals surface area contributed by atoms with Crippen LogP contribution in [0.5, 0.6) is 11.5 Å². The summed E-state index contributed by atoms with van der Waals surface area (Å²) in [4.78, 5) is 0. The first-order chi connectivity index (χ1) is 6.13. The fraction of sp³-hybridized carbons (Fsp3) is 0.400. The summed E-state index contributed by atoms with van der Waals surface area (Å²) in [5, 5.41) is 18.3. The first kappa shape index (κ1) is 8.38. The zero-order valence-corrected chi connectivity index (χ0v) is 7.45. The zero-order valence-electron chi connectivity index (χ0n) is 7.45. The van der Waals surface area contributed by atoms with Crippen molar-refractivity contribution in [2.24, 2.45) is 0 Å². The molecule has 3 heteroatoms. The quantitative estimate of drug-likeness (QED) is 0.679. The smallest absolute Gasteiger partial charge is 0.133 e. The molecule has 0 bridgehead atoms. The minimum absolute atomic E-state index is 0.0115. The second kappa shape index (κ2) is 2.64. The van der Waals surface area contributed by atoms with Gasteiger partial charge in [0.05, 0.1) is 6.61 Å². The summed E-state index contributed by atoms with van der Waals surface area (Å²) in [5.74, 6) is 0.873. The van der Waals surface area contributed by atoms with Crippen LogP contribution in [0.15, 0.2) is 18.2 Å². The van der Waals surface area contributed by atoms with Crippen LogP contribution in [-0.4, -0.2) is 22.4 Å². The molecule has 1 aliphatic heterocycles. The lowest BCUT2D eigenvalue weighted by atomic mass is 10.0. The Morgan fingerprint density at radius 3 is 3.00 bits per heavy atom. The van der Waals surface area contributed by atoms with Crippen LogP contribution in [0, 0.1) is 0 Å². The average molecular weight is 180 g/mol. The number of aliphatic hydroxyl groups is 1. The standard InChI is InChI=1S/C10H12O3/c1-10(6-11)5-7-2-3-8(12)4-9(7)13-10/h2-4,11-12H,5-6H2,1H3. The van der Waals surface area contributed by atoms with Gasteiger partial charge >= 0.3 is 0 Å². The summed E-state index contributed by atoms with van der Waals surface area (Å²) >= 11 is 0. The van der Waals surface area contributed by atoms with E-state index in [4.69, 9.17) is 9.84 Å². The van der Waals surface area contributed by atoms with E-state index in [1.54, 1.807) is 12.1 Å². The predicted molar refractivity (Wildman–Crippen MR) is 47.9 cm³/mol. The van der Waals surface area contributed by atoms with Crippen molar-refractivity contribution < 1.29 is 14.9 Å². The third-order valence-electron chi connectivity index (χ3n) is 2.31. The van der Waals surface area contributed by atoms with Gasteiger partial charge in [-0.1, -0.05) is 6.07 Å². The summed E-state index contributed by atoms with van der Waals surface area (Å²) in [6.45, 7) is 1.84. The van der Waals surface area contributed by atoms with E-state index in [1.165, 1.54) is 0 Å². The first-order valence-corrected chi connectivity index (χ1v) is 4.25. The Morgan fingerprint density at radius 1 is 1.54 bits per heavy atom. The number of fused-ring (bicyclic) bond motifs is 1. The van der Waals surface area contributed by atoms with Crippen molar-refractivity contribution in [3.8, 4) is 11.5 Å². The Morgan fingerprint density at radius 2 is 2.31 bits per heavy atom. The van der Waals surface area contributed by atoms with Crippen molar-refractivity contribution in [1.82, 2.24) is 0 Å². The molecule has 0 aliphatic carbocycles. The molecule has 0 saturated carbocycles. The average Bonchev–Trinajstić information content (AvgIpc) is 2.42. The van der Waals surface area contributed by atoms with Crippen LogP contribution in [0.25, 0.3) is 0 Å². The fourth-order valence-electron chi connectivity index (χ4n) is 1.58. The second-order valence-corrected chi connectivity index (χ2v) is 3.68. The summed E-state index contributed by atoms with van der Waals surface area (Å²) in [6.07, 6.45) is 0.694. The molecule has 13 heavy (non-hydrogen) atoms. The highest BCUT2D eigenvalue weighted by Crippen LogP contribution is 2.36. The Hall–Kier alpha value is -1.22. The highest BCUT2D eigenvalue weighted by Gasteiger charge is 2.34. The Kier molecular flexibility index (Phi) is 1.70. The molecule has 0 fully saturated rings. The van der Waals surface area contributed by atoms with E-state index in [0.717, 1.165) is 5.56 Å². The van der Waals surface area contributed by atoms with Crippen LogP contribution in [-0.2, 0) is 6.42 Å². The Labute approximate surface area is 76.6 Å². The largest absolute Gasteiger partial charge is 0.508 e. The van der Waals surface area contributed by atoms with Crippen molar-refractivity contribution in [3.63, 3.8) is 0 Å². The maximum absolute atomic E-state index is 9.20. The fourth-order valence-corrected chi connectivity index (χ4v) is 1.58. The molecule has 2 N–H and O–H groups in total. The van der Waals surface area contributed by atoms with E-state index < -0.39 is 5.60 Å². The van der Waals surface area contributed by atoms with Gasteiger partial charge in [0.25, 0.3) is 0 Å². The maximum Gasteiger partial charge on any atom is 0.133 e. The van der Waals surface area contributed by atoms with E-state index >= 15 is 0 Å². The molecular weight excluding hydrogens is 168 g/mol. The number of benzene rings is 1. The normalized spacial score (nSPS) is 25.4. The van der Waals surface area contributed by atoms with E-state index in [9.17, 15) is 5.11 Å². The Balaban J connectivity index is 2.35. The molecule has 1 atom stereocenters. The molecular formula is C10H12O3. The minimum Gasteiger partial charge on any atom is -0.508 e. The molecule has 1 aliphatic rings. The van der Waals surface area contributed by atoms with Crippen LogP contribution >= 0.6 is 0 Å². The summed E-state index contributed by atoms with van der Waals surface area (Å²) in [5.41, 5.74) is 0.519. The molecule has 1 heterocycles. The highest BCUT2D eigenvalue weighted by atomic mass is 16.5.